The van der Waals surface area contributed by atoms with Crippen LogP contribution in [-0.4, -0.2) is 27.2 Å². The van der Waals surface area contributed by atoms with Crippen LogP contribution in [0.3, 0.4) is 0 Å². The van der Waals surface area contributed by atoms with Gasteiger partial charge in [0.2, 0.25) is 0 Å². The summed E-state index contributed by atoms with van der Waals surface area (Å²) in [5, 5.41) is 3.06. The maximum absolute atomic E-state index is 13.5. The molecule has 6 heteroatoms. The summed E-state index contributed by atoms with van der Waals surface area (Å²) in [6.07, 6.45) is 1.62. The minimum Gasteiger partial charge on any atom is -0.389 e. The lowest BCUT2D eigenvalue weighted by atomic mass is 10.1. The predicted molar refractivity (Wildman–Crippen MR) is 74.3 cm³/mol. The summed E-state index contributed by atoms with van der Waals surface area (Å²) in [4.78, 5) is 0.00965. The molecule has 1 rings (SSSR count). The van der Waals surface area contributed by atoms with Gasteiger partial charge in [0, 0.05) is 34.5 Å². The van der Waals surface area contributed by atoms with Crippen LogP contribution in [0, 0.1) is 5.82 Å². The molecule has 2 unspecified atom stereocenters. The Labute approximate surface area is 108 Å². The first-order valence-corrected chi connectivity index (χ1v) is 7.20. The molecule has 17 heavy (non-hydrogen) atoms. The number of halogens is 1. The zero-order valence-electron chi connectivity index (χ0n) is 9.70. The third-order valence-electron chi connectivity index (χ3n) is 2.15. The van der Waals surface area contributed by atoms with Crippen molar-refractivity contribution in [2.45, 2.75) is 13.0 Å². The van der Waals surface area contributed by atoms with Gasteiger partial charge < -0.3 is 11.1 Å². The fraction of sp³-hybridized carbons (Fsp3) is 0.364. The Hall–Kier alpha value is -1.01. The van der Waals surface area contributed by atoms with Gasteiger partial charge in [-0.2, -0.15) is 0 Å². The number of benzene rings is 1. The zero-order valence-corrected chi connectivity index (χ0v) is 11.3. The minimum atomic E-state index is -0.912. The molecule has 0 amide bonds. The summed E-state index contributed by atoms with van der Waals surface area (Å²) in [7, 11) is -0.912. The second-order valence-electron chi connectivity index (χ2n) is 3.81. The molecule has 0 fully saturated rings. The Morgan fingerprint density at radius 2 is 2.29 bits per heavy atom. The van der Waals surface area contributed by atoms with Crippen molar-refractivity contribution in [1.82, 2.24) is 0 Å². The highest BCUT2D eigenvalue weighted by molar-refractivity contribution is 7.84. The van der Waals surface area contributed by atoms with Crippen LogP contribution in [0.2, 0.25) is 0 Å². The van der Waals surface area contributed by atoms with E-state index in [-0.39, 0.29) is 16.6 Å². The number of anilines is 1. The van der Waals surface area contributed by atoms with E-state index < -0.39 is 16.6 Å². The first-order chi connectivity index (χ1) is 7.91. The topological polar surface area (TPSA) is 55.1 Å². The van der Waals surface area contributed by atoms with Gasteiger partial charge in [0.05, 0.1) is 5.56 Å². The van der Waals surface area contributed by atoms with Crippen molar-refractivity contribution >= 4 is 33.7 Å². The molecule has 94 valence electrons. The van der Waals surface area contributed by atoms with E-state index >= 15 is 0 Å². The lowest BCUT2D eigenvalue weighted by molar-refractivity contribution is 0.625. The molecule has 3 N–H and O–H groups in total. The number of nitrogens with two attached hydrogens (primary N) is 1. The van der Waals surface area contributed by atoms with Crippen molar-refractivity contribution in [1.29, 1.82) is 0 Å². The monoisotopic (exact) mass is 274 g/mol. The Morgan fingerprint density at radius 3 is 2.82 bits per heavy atom. The third kappa shape index (κ3) is 4.05. The molecule has 0 aliphatic carbocycles. The van der Waals surface area contributed by atoms with Gasteiger partial charge in [-0.25, -0.2) is 4.39 Å². The van der Waals surface area contributed by atoms with Crippen molar-refractivity contribution in [2.75, 3.05) is 17.3 Å². The molecular formula is C11H15FN2OS2. The van der Waals surface area contributed by atoms with Crippen LogP contribution in [-0.2, 0) is 10.8 Å². The van der Waals surface area contributed by atoms with Gasteiger partial charge in [0.1, 0.15) is 10.8 Å². The van der Waals surface area contributed by atoms with Crippen LogP contribution in [0.4, 0.5) is 10.1 Å². The Balaban J connectivity index is 2.94. The van der Waals surface area contributed by atoms with Gasteiger partial charge in [-0.3, -0.25) is 4.21 Å². The molecule has 1 aromatic rings. The SMILES string of the molecule is CC(CS(C)=O)Nc1cccc(F)c1C(N)=S. The largest absolute Gasteiger partial charge is 0.389 e. The lowest BCUT2D eigenvalue weighted by Crippen LogP contribution is -2.25. The zero-order chi connectivity index (χ0) is 13.0. The van der Waals surface area contributed by atoms with Crippen molar-refractivity contribution in [2.24, 2.45) is 5.73 Å². The second-order valence-corrected chi connectivity index (χ2v) is 5.73. The average Bonchev–Trinajstić information content (AvgIpc) is 2.15. The molecule has 1 aromatic carbocycles. The van der Waals surface area contributed by atoms with Gasteiger partial charge in [0.15, 0.2) is 0 Å². The van der Waals surface area contributed by atoms with Crippen LogP contribution in [0.25, 0.3) is 0 Å². The predicted octanol–water partition coefficient (Wildman–Crippen LogP) is 1.64. The second kappa shape index (κ2) is 6.07. The highest BCUT2D eigenvalue weighted by Crippen LogP contribution is 2.19. The molecule has 0 aliphatic heterocycles. The number of hydrogen-bond acceptors (Lipinski definition) is 3. The average molecular weight is 274 g/mol. The molecule has 0 bridgehead atoms. The van der Waals surface area contributed by atoms with E-state index in [0.29, 0.717) is 11.4 Å². The highest BCUT2D eigenvalue weighted by Gasteiger charge is 2.13. The fourth-order valence-electron chi connectivity index (χ4n) is 1.55. The van der Waals surface area contributed by atoms with Crippen molar-refractivity contribution in [3.63, 3.8) is 0 Å². The van der Waals surface area contributed by atoms with Gasteiger partial charge in [-0.15, -0.1) is 0 Å². The van der Waals surface area contributed by atoms with Gasteiger partial charge in [0.25, 0.3) is 0 Å². The lowest BCUT2D eigenvalue weighted by Gasteiger charge is -2.17. The summed E-state index contributed by atoms with van der Waals surface area (Å²) in [5.74, 6) is 0.0279. The van der Waals surface area contributed by atoms with E-state index in [1.54, 1.807) is 18.4 Å². The Bertz CT molecular complexity index is 451. The van der Waals surface area contributed by atoms with Crippen molar-refractivity contribution in [3.8, 4) is 0 Å². The molecule has 0 aromatic heterocycles. The van der Waals surface area contributed by atoms with Crippen LogP contribution in [0.1, 0.15) is 12.5 Å². The first kappa shape index (κ1) is 14.1. The van der Waals surface area contributed by atoms with Crippen LogP contribution in [0.15, 0.2) is 18.2 Å². The summed E-state index contributed by atoms with van der Waals surface area (Å²) in [5.41, 5.74) is 6.23. The molecule has 0 aliphatic rings. The van der Waals surface area contributed by atoms with Crippen molar-refractivity contribution < 1.29 is 8.60 Å². The molecule has 3 nitrogen and oxygen atoms in total. The summed E-state index contributed by atoms with van der Waals surface area (Å²) in [6, 6.07) is 4.54. The standard InChI is InChI=1S/C11H15FN2OS2/c1-7(6-17(2)15)14-9-5-3-4-8(12)10(9)11(13)16/h3-5,7,14H,6H2,1-2H3,(H2,13,16). The van der Waals surface area contributed by atoms with Gasteiger partial charge in [-0.1, -0.05) is 18.3 Å². The maximum Gasteiger partial charge on any atom is 0.135 e. The molecule has 0 saturated carbocycles. The number of thiocarbonyl (C=S) groups is 1. The van der Waals surface area contributed by atoms with Crippen LogP contribution in [0.5, 0.6) is 0 Å². The van der Waals surface area contributed by atoms with E-state index in [2.05, 4.69) is 5.32 Å². The maximum atomic E-state index is 13.5. The normalized spacial score (nSPS) is 14.1. The molecule has 2 atom stereocenters. The number of nitrogens with one attached hydrogen (secondary N) is 1. The van der Waals surface area contributed by atoms with Gasteiger partial charge >= 0.3 is 0 Å². The Morgan fingerprint density at radius 1 is 1.65 bits per heavy atom. The number of hydrogen-bond donors (Lipinski definition) is 2. The molecular weight excluding hydrogens is 259 g/mol. The van der Waals surface area contributed by atoms with Crippen LogP contribution >= 0.6 is 12.2 Å². The summed E-state index contributed by atoms with van der Waals surface area (Å²) < 4.78 is 24.6. The third-order valence-corrected chi connectivity index (χ3v) is 3.32. The van der Waals surface area contributed by atoms with E-state index in [1.165, 1.54) is 6.07 Å². The molecule has 0 saturated heterocycles. The van der Waals surface area contributed by atoms with Crippen LogP contribution < -0.4 is 11.1 Å². The van der Waals surface area contributed by atoms with Crippen molar-refractivity contribution in [3.05, 3.63) is 29.6 Å². The van der Waals surface area contributed by atoms with E-state index in [0.717, 1.165) is 0 Å². The Kier molecular flexibility index (Phi) is 5.02. The molecule has 0 heterocycles. The quantitative estimate of drug-likeness (QED) is 0.802. The molecule has 0 spiro atoms. The molecule has 0 radical (unpaired) electrons. The highest BCUT2D eigenvalue weighted by atomic mass is 32.2. The fourth-order valence-corrected chi connectivity index (χ4v) is 2.55. The smallest absolute Gasteiger partial charge is 0.135 e. The van der Waals surface area contributed by atoms with E-state index in [1.807, 2.05) is 6.92 Å². The van der Waals surface area contributed by atoms with E-state index in [9.17, 15) is 8.60 Å². The first-order valence-electron chi connectivity index (χ1n) is 5.06. The minimum absolute atomic E-state index is 0.00965. The summed E-state index contributed by atoms with van der Waals surface area (Å²) >= 11 is 4.82. The van der Waals surface area contributed by atoms with E-state index in [4.69, 9.17) is 18.0 Å². The number of rotatable bonds is 5. The summed E-state index contributed by atoms with van der Waals surface area (Å²) in [6.45, 7) is 1.87. The van der Waals surface area contributed by atoms with Gasteiger partial charge in [-0.05, 0) is 19.1 Å².